The Hall–Kier alpha value is -2.44. The zero-order chi connectivity index (χ0) is 25.2. The molecule has 0 bridgehead atoms. The predicted molar refractivity (Wildman–Crippen MR) is 139 cm³/mol. The molecule has 0 saturated heterocycles. The third kappa shape index (κ3) is 8.32. The first kappa shape index (κ1) is 27.2. The molecule has 2 amide bonds. The van der Waals surface area contributed by atoms with Gasteiger partial charge in [0, 0.05) is 19.0 Å². The molecule has 1 N–H and O–H groups in total. The summed E-state index contributed by atoms with van der Waals surface area (Å²) in [7, 11) is 1.61. The summed E-state index contributed by atoms with van der Waals surface area (Å²) in [5, 5.41) is 4.01. The van der Waals surface area contributed by atoms with Crippen molar-refractivity contribution in [3.63, 3.8) is 0 Å². The van der Waals surface area contributed by atoms with Crippen LogP contribution in [-0.2, 0) is 16.1 Å². The number of hydrogen-bond donors (Lipinski definition) is 1. The number of methoxy groups -OCH3 is 1. The molecule has 1 fully saturated rings. The largest absolute Gasteiger partial charge is 0.497 e. The average molecular weight is 521 g/mol. The first-order chi connectivity index (χ1) is 16.9. The van der Waals surface area contributed by atoms with E-state index < -0.39 is 6.04 Å². The Bertz CT molecular complexity index is 978. The van der Waals surface area contributed by atoms with E-state index in [0.717, 1.165) is 37.0 Å². The number of halogens is 2. The molecule has 0 radical (unpaired) electrons. The summed E-state index contributed by atoms with van der Waals surface area (Å²) in [4.78, 5) is 27.9. The molecule has 8 heteroatoms. The number of nitrogens with one attached hydrogen (secondary N) is 1. The van der Waals surface area contributed by atoms with Crippen LogP contribution in [0.2, 0.25) is 10.0 Å². The fourth-order valence-corrected chi connectivity index (χ4v) is 4.54. The first-order valence-corrected chi connectivity index (χ1v) is 12.9. The number of ether oxygens (including phenoxy) is 2. The lowest BCUT2D eigenvalue weighted by molar-refractivity contribution is -0.141. The molecule has 6 nitrogen and oxygen atoms in total. The van der Waals surface area contributed by atoms with Crippen molar-refractivity contribution < 1.29 is 19.1 Å². The van der Waals surface area contributed by atoms with Gasteiger partial charge in [0.2, 0.25) is 11.8 Å². The molecule has 0 aromatic heterocycles. The summed E-state index contributed by atoms with van der Waals surface area (Å²) in [5.74, 6) is 1.23. The Kier molecular flexibility index (Phi) is 10.5. The lowest BCUT2D eigenvalue weighted by Crippen LogP contribution is -2.50. The quantitative estimate of drug-likeness (QED) is 0.367. The molecule has 3 rings (SSSR count). The molecule has 1 atom stereocenters. The zero-order valence-electron chi connectivity index (χ0n) is 20.4. The van der Waals surface area contributed by atoms with E-state index in [1.54, 1.807) is 31.1 Å². The van der Waals surface area contributed by atoms with Crippen molar-refractivity contribution in [1.82, 2.24) is 10.2 Å². The normalized spacial score (nSPS) is 14.7. The minimum absolute atomic E-state index is 0.110. The highest BCUT2D eigenvalue weighted by molar-refractivity contribution is 6.42. The van der Waals surface area contributed by atoms with Crippen molar-refractivity contribution >= 4 is 35.0 Å². The van der Waals surface area contributed by atoms with Crippen LogP contribution in [0.3, 0.4) is 0 Å². The van der Waals surface area contributed by atoms with E-state index in [-0.39, 0.29) is 30.8 Å². The van der Waals surface area contributed by atoms with Crippen molar-refractivity contribution in [2.75, 3.05) is 13.7 Å². The van der Waals surface area contributed by atoms with Gasteiger partial charge in [-0.2, -0.15) is 0 Å². The molecule has 1 aliphatic rings. The maximum absolute atomic E-state index is 13.2. The highest BCUT2D eigenvalue weighted by atomic mass is 35.5. The topological polar surface area (TPSA) is 67.9 Å². The molecule has 1 unspecified atom stereocenters. The minimum atomic E-state index is -0.610. The van der Waals surface area contributed by atoms with Gasteiger partial charge < -0.3 is 19.7 Å². The van der Waals surface area contributed by atoms with Gasteiger partial charge in [-0.3, -0.25) is 9.59 Å². The van der Waals surface area contributed by atoms with Gasteiger partial charge in [0.25, 0.3) is 0 Å². The summed E-state index contributed by atoms with van der Waals surface area (Å²) in [5.41, 5.74) is 0.819. The molecule has 0 spiro atoms. The number of amides is 2. The Morgan fingerprint density at radius 2 is 1.71 bits per heavy atom. The molecular weight excluding hydrogens is 487 g/mol. The van der Waals surface area contributed by atoms with Gasteiger partial charge in [0.05, 0.1) is 23.8 Å². The summed E-state index contributed by atoms with van der Waals surface area (Å²) in [6, 6.07) is 12.1. The van der Waals surface area contributed by atoms with Gasteiger partial charge in [-0.25, -0.2) is 0 Å². The molecule has 0 heterocycles. The Morgan fingerprint density at radius 3 is 2.37 bits per heavy atom. The summed E-state index contributed by atoms with van der Waals surface area (Å²) in [6.45, 7) is 2.44. The number of hydrogen-bond acceptors (Lipinski definition) is 4. The molecule has 190 valence electrons. The highest BCUT2D eigenvalue weighted by Crippen LogP contribution is 2.24. The molecule has 1 aliphatic carbocycles. The number of carbonyl (C=O) groups excluding carboxylic acids is 2. The summed E-state index contributed by atoms with van der Waals surface area (Å²) in [6.07, 6.45) is 6.23. The van der Waals surface area contributed by atoms with Crippen molar-refractivity contribution in [3.05, 3.63) is 58.1 Å². The van der Waals surface area contributed by atoms with Crippen LogP contribution in [0.25, 0.3) is 0 Å². The smallest absolute Gasteiger partial charge is 0.242 e. The van der Waals surface area contributed by atoms with Crippen LogP contribution >= 0.6 is 23.2 Å². The van der Waals surface area contributed by atoms with E-state index in [2.05, 4.69) is 5.32 Å². The van der Waals surface area contributed by atoms with E-state index in [4.69, 9.17) is 32.7 Å². The van der Waals surface area contributed by atoms with E-state index in [1.807, 2.05) is 30.3 Å². The molecular formula is C27H34Cl2N2O4. The maximum atomic E-state index is 13.2. The van der Waals surface area contributed by atoms with Crippen LogP contribution in [0.1, 0.15) is 57.4 Å². The number of nitrogens with zero attached hydrogens (tertiary/aromatic N) is 1. The van der Waals surface area contributed by atoms with Crippen LogP contribution in [0.4, 0.5) is 0 Å². The lowest BCUT2D eigenvalue weighted by atomic mass is 9.95. The van der Waals surface area contributed by atoms with Gasteiger partial charge >= 0.3 is 0 Å². The standard InChI is InChI=1S/C27H34Cl2N2O4/c1-19(27(33)30-21-7-4-3-5-8-21)31(18-20-10-15-24(28)25(29)17-20)26(32)9-6-16-35-23-13-11-22(34-2)12-14-23/h10-15,17,19,21H,3-9,16,18H2,1-2H3,(H,30,33). The Labute approximate surface area is 217 Å². The van der Waals surface area contributed by atoms with Crippen LogP contribution in [0.5, 0.6) is 11.5 Å². The lowest BCUT2D eigenvalue weighted by Gasteiger charge is -2.31. The Morgan fingerprint density at radius 1 is 1.03 bits per heavy atom. The van der Waals surface area contributed by atoms with Crippen molar-refractivity contribution in [2.24, 2.45) is 0 Å². The molecule has 2 aromatic carbocycles. The van der Waals surface area contributed by atoms with Gasteiger partial charge in [-0.05, 0) is 68.1 Å². The maximum Gasteiger partial charge on any atom is 0.242 e. The third-order valence-electron chi connectivity index (χ3n) is 6.32. The van der Waals surface area contributed by atoms with Crippen molar-refractivity contribution in [3.8, 4) is 11.5 Å². The van der Waals surface area contributed by atoms with Gasteiger partial charge in [0.1, 0.15) is 17.5 Å². The van der Waals surface area contributed by atoms with Gasteiger partial charge in [-0.15, -0.1) is 0 Å². The van der Waals surface area contributed by atoms with Crippen LogP contribution in [0.15, 0.2) is 42.5 Å². The first-order valence-electron chi connectivity index (χ1n) is 12.2. The fraction of sp³-hybridized carbons (Fsp3) is 0.481. The van der Waals surface area contributed by atoms with Crippen molar-refractivity contribution in [2.45, 2.75) is 70.5 Å². The number of rotatable bonds is 11. The molecule has 1 saturated carbocycles. The molecule has 35 heavy (non-hydrogen) atoms. The van der Waals surface area contributed by atoms with Crippen LogP contribution in [0, 0.1) is 0 Å². The third-order valence-corrected chi connectivity index (χ3v) is 7.06. The minimum Gasteiger partial charge on any atom is -0.497 e. The molecule has 2 aromatic rings. The number of benzene rings is 2. The molecule has 0 aliphatic heterocycles. The fourth-order valence-electron chi connectivity index (χ4n) is 4.22. The van der Waals surface area contributed by atoms with Gasteiger partial charge in [0.15, 0.2) is 0 Å². The second-order valence-electron chi connectivity index (χ2n) is 8.92. The van der Waals surface area contributed by atoms with Gasteiger partial charge in [-0.1, -0.05) is 48.5 Å². The van der Waals surface area contributed by atoms with E-state index in [0.29, 0.717) is 28.8 Å². The van der Waals surface area contributed by atoms with Crippen LogP contribution in [-0.4, -0.2) is 42.5 Å². The van der Waals surface area contributed by atoms with E-state index in [9.17, 15) is 9.59 Å². The van der Waals surface area contributed by atoms with E-state index >= 15 is 0 Å². The van der Waals surface area contributed by atoms with Crippen molar-refractivity contribution in [1.29, 1.82) is 0 Å². The average Bonchev–Trinajstić information content (AvgIpc) is 2.87. The summed E-state index contributed by atoms with van der Waals surface area (Å²) < 4.78 is 10.9. The zero-order valence-corrected chi connectivity index (χ0v) is 21.9. The second-order valence-corrected chi connectivity index (χ2v) is 9.73. The Balaban J connectivity index is 1.61. The number of carbonyl (C=O) groups is 2. The van der Waals surface area contributed by atoms with Crippen LogP contribution < -0.4 is 14.8 Å². The predicted octanol–water partition coefficient (Wildman–Crippen LogP) is 6.03. The summed E-state index contributed by atoms with van der Waals surface area (Å²) >= 11 is 12.2. The SMILES string of the molecule is COc1ccc(OCCCC(=O)N(Cc2ccc(Cl)c(Cl)c2)C(C)C(=O)NC2CCCCC2)cc1. The van der Waals surface area contributed by atoms with E-state index in [1.165, 1.54) is 6.42 Å². The monoisotopic (exact) mass is 520 g/mol. The highest BCUT2D eigenvalue weighted by Gasteiger charge is 2.28. The second kappa shape index (κ2) is 13.6.